The molecule has 0 spiro atoms. The molecule has 0 aliphatic carbocycles. The van der Waals surface area contributed by atoms with Gasteiger partial charge in [-0.2, -0.15) is 8.42 Å². The van der Waals surface area contributed by atoms with Crippen LogP contribution < -0.4 is 13.8 Å². The minimum atomic E-state index is -5.01. The highest BCUT2D eigenvalue weighted by Gasteiger charge is 2.36. The number of hydrogen-bond donors (Lipinski definition) is 1. The number of nitrogens with zero attached hydrogens (tertiary/aromatic N) is 2. The largest absolute Gasteiger partial charge is 0.465 e. The van der Waals surface area contributed by atoms with Crippen molar-refractivity contribution in [2.45, 2.75) is 65.6 Å². The summed E-state index contributed by atoms with van der Waals surface area (Å²) in [7, 11) is -3.54. The minimum absolute atomic E-state index is 0.0207. The van der Waals surface area contributed by atoms with Crippen LogP contribution in [0.5, 0.6) is 5.75 Å². The second-order valence-corrected chi connectivity index (χ2v) is 13.5. The summed E-state index contributed by atoms with van der Waals surface area (Å²) in [6.07, 6.45) is -0.606. The van der Waals surface area contributed by atoms with Crippen LogP contribution in [0.3, 0.4) is 0 Å². The molecular formula is C29H44FN3O11S. The maximum Gasteiger partial charge on any atom is 0.422 e. The Bertz CT molecular complexity index is 1320. The van der Waals surface area contributed by atoms with Crippen LogP contribution in [0, 0.1) is 5.82 Å². The molecule has 1 aromatic carbocycles. The average molecular weight is 662 g/mol. The molecule has 0 aromatic heterocycles. The molecular weight excluding hydrogens is 617 g/mol. The summed E-state index contributed by atoms with van der Waals surface area (Å²) in [6.45, 7) is 12.1. The molecule has 1 N–H and O–H groups in total. The first kappa shape index (κ1) is 37.6. The van der Waals surface area contributed by atoms with Gasteiger partial charge in [-0.15, -0.1) is 0 Å². The number of amides is 2. The van der Waals surface area contributed by atoms with Crippen molar-refractivity contribution < 1.29 is 55.6 Å². The van der Waals surface area contributed by atoms with Gasteiger partial charge in [-0.05, 0) is 71.6 Å². The Morgan fingerprint density at radius 1 is 1.07 bits per heavy atom. The summed E-state index contributed by atoms with van der Waals surface area (Å²) in [5.74, 6) is -2.39. The normalized spacial score (nSPS) is 13.6. The standard InChI is InChI=1S/C29H44FN3O11S/c1-9-14-41-26(35)31-45(37,38)33(18-23(34)43-28(2,3)4)25-22(42-19-40-16-15-39-8)17-20-10-12-32(13-11-21(20)24(25)30)27(36)44-29(5,6)7/h9,17H,1,10-16,18-19H2,2-8H3,(H,31,35). The van der Waals surface area contributed by atoms with E-state index in [1.165, 1.54) is 24.2 Å². The maximum atomic E-state index is 16.6. The zero-order chi connectivity index (χ0) is 34.0. The lowest BCUT2D eigenvalue weighted by atomic mass is 10.0. The second kappa shape index (κ2) is 16.1. The van der Waals surface area contributed by atoms with E-state index in [0.717, 1.165) is 0 Å². The number of rotatable bonds is 13. The molecule has 1 heterocycles. The van der Waals surface area contributed by atoms with E-state index < -0.39 is 64.4 Å². The Balaban J connectivity index is 2.64. The predicted octanol–water partition coefficient (Wildman–Crippen LogP) is 3.47. The molecule has 254 valence electrons. The Labute approximate surface area is 263 Å². The number of esters is 1. The summed E-state index contributed by atoms with van der Waals surface area (Å²) in [4.78, 5) is 39.4. The number of carbonyl (C=O) groups excluding carboxylic acids is 3. The molecule has 2 amide bonds. The molecule has 1 aromatic rings. The molecule has 16 heteroatoms. The third-order valence-electron chi connectivity index (χ3n) is 5.84. The topological polar surface area (TPSA) is 159 Å². The molecule has 0 atom stereocenters. The van der Waals surface area contributed by atoms with Crippen molar-refractivity contribution in [1.29, 1.82) is 0 Å². The van der Waals surface area contributed by atoms with Gasteiger partial charge in [-0.25, -0.2) is 23.0 Å². The summed E-state index contributed by atoms with van der Waals surface area (Å²) in [5, 5.41) is 0. The van der Waals surface area contributed by atoms with Crippen molar-refractivity contribution >= 4 is 34.1 Å². The fourth-order valence-corrected chi connectivity index (χ4v) is 5.14. The summed E-state index contributed by atoms with van der Waals surface area (Å²) in [6, 6.07) is 1.42. The van der Waals surface area contributed by atoms with Gasteiger partial charge in [0.15, 0.2) is 12.6 Å². The molecule has 0 saturated heterocycles. The van der Waals surface area contributed by atoms with Crippen LogP contribution >= 0.6 is 0 Å². The van der Waals surface area contributed by atoms with Crippen LogP contribution in [0.4, 0.5) is 19.7 Å². The van der Waals surface area contributed by atoms with Crippen molar-refractivity contribution in [3.63, 3.8) is 0 Å². The number of fused-ring (bicyclic) bond motifs is 1. The number of benzene rings is 1. The van der Waals surface area contributed by atoms with Crippen molar-refractivity contribution in [2.75, 3.05) is 57.7 Å². The van der Waals surface area contributed by atoms with E-state index in [-0.39, 0.29) is 57.1 Å². The van der Waals surface area contributed by atoms with Crippen molar-refractivity contribution in [3.8, 4) is 5.75 Å². The predicted molar refractivity (Wildman–Crippen MR) is 162 cm³/mol. The van der Waals surface area contributed by atoms with Crippen molar-refractivity contribution in [1.82, 2.24) is 9.62 Å². The lowest BCUT2D eigenvalue weighted by molar-refractivity contribution is -0.152. The molecule has 45 heavy (non-hydrogen) atoms. The summed E-state index contributed by atoms with van der Waals surface area (Å²) in [5.41, 5.74) is -1.93. The molecule has 0 radical (unpaired) electrons. The molecule has 0 unspecified atom stereocenters. The van der Waals surface area contributed by atoms with Crippen LogP contribution in [0.15, 0.2) is 18.7 Å². The van der Waals surface area contributed by atoms with Gasteiger partial charge in [0.25, 0.3) is 0 Å². The first-order chi connectivity index (χ1) is 20.9. The highest BCUT2D eigenvalue weighted by molar-refractivity contribution is 7.91. The average Bonchev–Trinajstić information content (AvgIpc) is 3.12. The Kier molecular flexibility index (Phi) is 13.4. The van der Waals surface area contributed by atoms with E-state index in [4.69, 9.17) is 28.4 Å². The van der Waals surface area contributed by atoms with Gasteiger partial charge in [0.05, 0.1) is 13.2 Å². The summed E-state index contributed by atoms with van der Waals surface area (Å²) >= 11 is 0. The van der Waals surface area contributed by atoms with Crippen LogP contribution in [-0.4, -0.2) is 96.0 Å². The number of hydrogen-bond acceptors (Lipinski definition) is 11. The number of nitrogens with one attached hydrogen (secondary N) is 1. The van der Waals surface area contributed by atoms with Crippen molar-refractivity contribution in [2.24, 2.45) is 0 Å². The zero-order valence-corrected chi connectivity index (χ0v) is 27.7. The maximum absolute atomic E-state index is 16.6. The van der Waals surface area contributed by atoms with Crippen LogP contribution in [0.1, 0.15) is 52.7 Å². The summed E-state index contributed by atoms with van der Waals surface area (Å²) < 4.78 is 77.3. The van der Waals surface area contributed by atoms with Crippen LogP contribution in [0.25, 0.3) is 0 Å². The lowest BCUT2D eigenvalue weighted by Crippen LogP contribution is -2.47. The van der Waals surface area contributed by atoms with E-state index in [2.05, 4.69) is 6.58 Å². The molecule has 14 nitrogen and oxygen atoms in total. The quantitative estimate of drug-likeness (QED) is 0.108. The third kappa shape index (κ3) is 12.0. The molecule has 1 aliphatic heterocycles. The molecule has 1 aliphatic rings. The van der Waals surface area contributed by atoms with Gasteiger partial charge in [-0.1, -0.05) is 12.7 Å². The number of anilines is 1. The highest BCUT2D eigenvalue weighted by atomic mass is 32.2. The lowest BCUT2D eigenvalue weighted by Gasteiger charge is -2.28. The minimum Gasteiger partial charge on any atom is -0.465 e. The van der Waals surface area contributed by atoms with Crippen LogP contribution in [0.2, 0.25) is 0 Å². The zero-order valence-electron chi connectivity index (χ0n) is 26.9. The molecule has 0 bridgehead atoms. The Morgan fingerprint density at radius 2 is 1.71 bits per heavy atom. The van der Waals surface area contributed by atoms with E-state index in [1.807, 2.05) is 0 Å². The Morgan fingerprint density at radius 3 is 2.31 bits per heavy atom. The van der Waals surface area contributed by atoms with E-state index >= 15 is 4.39 Å². The van der Waals surface area contributed by atoms with Crippen LogP contribution in [-0.2, 0) is 51.5 Å². The smallest absolute Gasteiger partial charge is 0.422 e. The molecule has 2 rings (SSSR count). The van der Waals surface area contributed by atoms with Gasteiger partial charge < -0.3 is 33.3 Å². The van der Waals surface area contributed by atoms with E-state index in [0.29, 0.717) is 9.87 Å². The molecule has 0 saturated carbocycles. The first-order valence-corrected chi connectivity index (χ1v) is 15.6. The van der Waals surface area contributed by atoms with Gasteiger partial charge >= 0.3 is 28.4 Å². The SMILES string of the molecule is C=CCOC(=O)NS(=O)(=O)N(CC(=O)OC(C)(C)C)c1c(OCOCCOC)cc2c(c1F)CCN(C(=O)OC(C)(C)C)CC2. The fourth-order valence-electron chi connectivity index (χ4n) is 4.07. The first-order valence-electron chi connectivity index (χ1n) is 14.2. The van der Waals surface area contributed by atoms with Gasteiger partial charge in [0, 0.05) is 20.2 Å². The van der Waals surface area contributed by atoms with Gasteiger partial charge in [0.1, 0.15) is 35.8 Å². The number of methoxy groups -OCH3 is 1. The molecule has 0 fully saturated rings. The van der Waals surface area contributed by atoms with Gasteiger partial charge in [0.2, 0.25) is 0 Å². The van der Waals surface area contributed by atoms with Crippen molar-refractivity contribution in [3.05, 3.63) is 35.7 Å². The number of carbonyl (C=O) groups is 3. The Hall–Kier alpha value is -3.63. The fraction of sp³-hybridized carbons (Fsp3) is 0.621. The monoisotopic (exact) mass is 661 g/mol. The number of ether oxygens (including phenoxy) is 6. The highest BCUT2D eigenvalue weighted by Crippen LogP contribution is 2.39. The third-order valence-corrected chi connectivity index (χ3v) is 7.16. The van der Waals surface area contributed by atoms with E-state index in [9.17, 15) is 22.8 Å². The number of halogens is 1. The van der Waals surface area contributed by atoms with Gasteiger partial charge in [-0.3, -0.25) is 4.79 Å². The van der Waals surface area contributed by atoms with E-state index in [1.54, 1.807) is 46.3 Å². The second-order valence-electron chi connectivity index (χ2n) is 11.9.